The second-order valence-electron chi connectivity index (χ2n) is 8.37. The fourth-order valence-electron chi connectivity index (χ4n) is 4.65. The predicted molar refractivity (Wildman–Crippen MR) is 117 cm³/mol. The average Bonchev–Trinajstić information content (AvgIpc) is 3.22. The zero-order valence-corrected chi connectivity index (χ0v) is 18.0. The van der Waals surface area contributed by atoms with Crippen molar-refractivity contribution in [1.29, 1.82) is 0 Å². The van der Waals surface area contributed by atoms with Gasteiger partial charge in [0.15, 0.2) is 6.04 Å². The van der Waals surface area contributed by atoms with E-state index in [1.807, 2.05) is 22.9 Å². The number of carbonyl (C=O) groups excluding carboxylic acids is 3. The van der Waals surface area contributed by atoms with Gasteiger partial charge in [-0.2, -0.15) is 0 Å². The van der Waals surface area contributed by atoms with Gasteiger partial charge in [0.2, 0.25) is 11.8 Å². The van der Waals surface area contributed by atoms with Gasteiger partial charge in [0, 0.05) is 17.9 Å². The monoisotopic (exact) mass is 423 g/mol. The molecule has 2 amide bonds. The van der Waals surface area contributed by atoms with Crippen molar-refractivity contribution in [2.45, 2.75) is 58.2 Å². The molecule has 0 spiro atoms. The normalized spacial score (nSPS) is 23.2. The summed E-state index contributed by atoms with van der Waals surface area (Å²) < 4.78 is 6.92. The number of aromatic nitrogens is 1. The van der Waals surface area contributed by atoms with Gasteiger partial charge in [0.1, 0.15) is 6.54 Å². The van der Waals surface area contributed by atoms with Crippen molar-refractivity contribution < 1.29 is 19.1 Å². The first-order valence-electron chi connectivity index (χ1n) is 11.0. The minimum atomic E-state index is -0.789. The summed E-state index contributed by atoms with van der Waals surface area (Å²) in [5.74, 6) is -0.423. The van der Waals surface area contributed by atoms with Crippen molar-refractivity contribution in [1.82, 2.24) is 9.88 Å². The minimum absolute atomic E-state index is 0.106. The Labute approximate surface area is 182 Å². The third kappa shape index (κ3) is 4.22. The predicted octanol–water partition coefficient (Wildman–Crippen LogP) is 3.45. The summed E-state index contributed by atoms with van der Waals surface area (Å²) in [5.41, 5.74) is 1.63. The standard InChI is InChI=1S/C24H29N3O4/c1-3-31-24(30)17-9-6-10-18(14-17)27-21(28)15-26-13-7-12-20(26)22(27)23(29)25-19-11-5-4-8-16(19)2/h6-7,9-10,12-14,16,19,22H,3-5,8,11,15H2,1-2H3,(H,25,29)/t16-,19+,22-/m1/s1. The summed E-state index contributed by atoms with van der Waals surface area (Å²) in [5, 5.41) is 3.21. The molecule has 0 bridgehead atoms. The number of anilines is 1. The van der Waals surface area contributed by atoms with Crippen LogP contribution in [0.1, 0.15) is 61.6 Å². The van der Waals surface area contributed by atoms with Crippen LogP contribution in [0.2, 0.25) is 0 Å². The average molecular weight is 424 g/mol. The van der Waals surface area contributed by atoms with Gasteiger partial charge in [-0.15, -0.1) is 0 Å². The van der Waals surface area contributed by atoms with E-state index in [0.29, 0.717) is 17.2 Å². The minimum Gasteiger partial charge on any atom is -0.462 e. The Kier molecular flexibility index (Phi) is 6.11. The third-order valence-electron chi connectivity index (χ3n) is 6.30. The molecule has 1 fully saturated rings. The number of hydrogen-bond acceptors (Lipinski definition) is 4. The van der Waals surface area contributed by atoms with Crippen LogP contribution in [0, 0.1) is 5.92 Å². The molecule has 31 heavy (non-hydrogen) atoms. The topological polar surface area (TPSA) is 80.6 Å². The van der Waals surface area contributed by atoms with Crippen molar-refractivity contribution in [3.8, 4) is 0 Å². The highest BCUT2D eigenvalue weighted by Gasteiger charge is 2.39. The summed E-state index contributed by atoms with van der Waals surface area (Å²) in [6, 6.07) is 9.78. The van der Waals surface area contributed by atoms with Crippen LogP contribution in [0.4, 0.5) is 5.69 Å². The van der Waals surface area contributed by atoms with E-state index in [9.17, 15) is 14.4 Å². The molecule has 0 unspecified atom stereocenters. The van der Waals surface area contributed by atoms with E-state index in [0.717, 1.165) is 25.0 Å². The molecule has 1 aromatic carbocycles. The summed E-state index contributed by atoms with van der Waals surface area (Å²) in [6.07, 6.45) is 6.15. The SMILES string of the molecule is CCOC(=O)c1cccc(N2C(=O)Cn3cccc3[C@@H]2C(=O)N[C@H]2CCCC[C@H]2C)c1. The molecule has 7 nitrogen and oxygen atoms in total. The zero-order valence-electron chi connectivity index (χ0n) is 18.0. The molecule has 2 aliphatic rings. The van der Waals surface area contributed by atoms with E-state index in [2.05, 4.69) is 12.2 Å². The lowest BCUT2D eigenvalue weighted by Crippen LogP contribution is -2.52. The second kappa shape index (κ2) is 8.96. The molecule has 4 rings (SSSR count). The molecule has 2 heterocycles. The van der Waals surface area contributed by atoms with E-state index >= 15 is 0 Å². The largest absolute Gasteiger partial charge is 0.462 e. The molecule has 2 aromatic rings. The maximum absolute atomic E-state index is 13.5. The lowest BCUT2D eigenvalue weighted by atomic mass is 9.85. The Morgan fingerprint density at radius 2 is 1.97 bits per heavy atom. The van der Waals surface area contributed by atoms with Crippen LogP contribution < -0.4 is 10.2 Å². The van der Waals surface area contributed by atoms with Crippen molar-refractivity contribution in [2.75, 3.05) is 11.5 Å². The molecule has 1 aliphatic heterocycles. The summed E-state index contributed by atoms with van der Waals surface area (Å²) >= 11 is 0. The van der Waals surface area contributed by atoms with Crippen molar-refractivity contribution in [3.63, 3.8) is 0 Å². The molecule has 164 valence electrons. The van der Waals surface area contributed by atoms with Gasteiger partial charge in [0.05, 0.1) is 17.9 Å². The smallest absolute Gasteiger partial charge is 0.338 e. The van der Waals surface area contributed by atoms with E-state index in [1.54, 1.807) is 31.2 Å². The Bertz CT molecular complexity index is 983. The maximum atomic E-state index is 13.5. The number of ether oxygens (including phenoxy) is 1. The van der Waals surface area contributed by atoms with E-state index < -0.39 is 12.0 Å². The van der Waals surface area contributed by atoms with Crippen LogP contribution in [0.5, 0.6) is 0 Å². The van der Waals surface area contributed by atoms with Crippen LogP contribution in [0.15, 0.2) is 42.6 Å². The van der Waals surface area contributed by atoms with E-state index in [4.69, 9.17) is 4.74 Å². The highest BCUT2D eigenvalue weighted by Crippen LogP contribution is 2.33. The highest BCUT2D eigenvalue weighted by atomic mass is 16.5. The van der Waals surface area contributed by atoms with Crippen molar-refractivity contribution in [3.05, 3.63) is 53.9 Å². The quantitative estimate of drug-likeness (QED) is 0.747. The first-order chi connectivity index (χ1) is 15.0. The number of rotatable bonds is 5. The van der Waals surface area contributed by atoms with Crippen LogP contribution in [-0.4, -0.2) is 35.0 Å². The lowest BCUT2D eigenvalue weighted by Gasteiger charge is -2.38. The van der Waals surface area contributed by atoms with Gasteiger partial charge in [-0.3, -0.25) is 14.5 Å². The van der Waals surface area contributed by atoms with Crippen LogP contribution in [0.3, 0.4) is 0 Å². The number of nitrogens with zero attached hydrogens (tertiary/aromatic N) is 2. The van der Waals surface area contributed by atoms with Crippen LogP contribution in [0.25, 0.3) is 0 Å². The number of amides is 2. The highest BCUT2D eigenvalue weighted by molar-refractivity contribution is 6.03. The molecule has 7 heteroatoms. The number of hydrogen-bond donors (Lipinski definition) is 1. The van der Waals surface area contributed by atoms with Crippen molar-refractivity contribution >= 4 is 23.5 Å². The first kappa shape index (κ1) is 21.2. The number of benzene rings is 1. The van der Waals surface area contributed by atoms with Gasteiger partial charge >= 0.3 is 5.97 Å². The lowest BCUT2D eigenvalue weighted by molar-refractivity contribution is -0.129. The molecule has 3 atom stereocenters. The van der Waals surface area contributed by atoms with Gasteiger partial charge in [-0.25, -0.2) is 4.79 Å². The Morgan fingerprint density at radius 1 is 1.16 bits per heavy atom. The number of fused-ring (bicyclic) bond motifs is 1. The Morgan fingerprint density at radius 3 is 2.74 bits per heavy atom. The fraction of sp³-hybridized carbons (Fsp3) is 0.458. The molecule has 1 aliphatic carbocycles. The summed E-state index contributed by atoms with van der Waals surface area (Å²) in [6.45, 7) is 4.33. The van der Waals surface area contributed by atoms with Crippen LogP contribution in [-0.2, 0) is 20.9 Å². The summed E-state index contributed by atoms with van der Waals surface area (Å²) in [4.78, 5) is 40.4. The molecule has 1 N–H and O–H groups in total. The molecule has 0 saturated heterocycles. The number of carbonyl (C=O) groups is 3. The maximum Gasteiger partial charge on any atom is 0.338 e. The Hall–Kier alpha value is -3.09. The van der Waals surface area contributed by atoms with E-state index in [-0.39, 0.29) is 31.0 Å². The summed E-state index contributed by atoms with van der Waals surface area (Å²) in [7, 11) is 0. The Balaban J connectivity index is 1.68. The molecule has 0 radical (unpaired) electrons. The van der Waals surface area contributed by atoms with E-state index in [1.165, 1.54) is 11.3 Å². The fourth-order valence-corrected chi connectivity index (χ4v) is 4.65. The first-order valence-corrected chi connectivity index (χ1v) is 11.0. The van der Waals surface area contributed by atoms with Crippen molar-refractivity contribution in [2.24, 2.45) is 5.92 Å². The molecule has 1 saturated carbocycles. The van der Waals surface area contributed by atoms with Gasteiger partial charge in [-0.05, 0) is 56.0 Å². The third-order valence-corrected chi connectivity index (χ3v) is 6.30. The van der Waals surface area contributed by atoms with Gasteiger partial charge < -0.3 is 14.6 Å². The molecular weight excluding hydrogens is 394 g/mol. The number of nitrogens with one attached hydrogen (secondary N) is 1. The molecule has 1 aromatic heterocycles. The number of esters is 1. The van der Waals surface area contributed by atoms with Crippen LogP contribution >= 0.6 is 0 Å². The van der Waals surface area contributed by atoms with Gasteiger partial charge in [0.25, 0.3) is 0 Å². The van der Waals surface area contributed by atoms with Gasteiger partial charge in [-0.1, -0.05) is 25.8 Å². The molecular formula is C24H29N3O4. The zero-order chi connectivity index (χ0) is 22.0. The second-order valence-corrected chi connectivity index (χ2v) is 8.37.